The van der Waals surface area contributed by atoms with Crippen LogP contribution in [0.2, 0.25) is 0 Å². The van der Waals surface area contributed by atoms with Crippen molar-refractivity contribution in [2.75, 3.05) is 18.9 Å². The summed E-state index contributed by atoms with van der Waals surface area (Å²) in [6.07, 6.45) is 0.583. The number of aliphatic hydroxyl groups is 1. The molecule has 3 N–H and O–H groups in total. The van der Waals surface area contributed by atoms with Crippen molar-refractivity contribution in [2.24, 2.45) is 0 Å². The molecule has 1 heterocycles. The predicted molar refractivity (Wildman–Crippen MR) is 81.9 cm³/mol. The van der Waals surface area contributed by atoms with Gasteiger partial charge in [0.05, 0.1) is 10.2 Å². The minimum atomic E-state index is -0.0256. The first-order valence-corrected chi connectivity index (χ1v) is 7.42. The number of hydrogen-bond acceptors (Lipinski definition) is 5. The maximum Gasteiger partial charge on any atom is 0.254 e. The van der Waals surface area contributed by atoms with Crippen molar-refractivity contribution in [1.29, 1.82) is 0 Å². The predicted octanol–water partition coefficient (Wildman–Crippen LogP) is 2.11. The zero-order valence-corrected chi connectivity index (χ0v) is 12.5. The Balaban J connectivity index is 2.27. The fourth-order valence-electron chi connectivity index (χ4n) is 2.08. The van der Waals surface area contributed by atoms with Crippen molar-refractivity contribution < 1.29 is 9.90 Å². The fraction of sp³-hybridized carbons (Fsp3) is 0.429. The molecular weight excluding hydrogens is 274 g/mol. The van der Waals surface area contributed by atoms with Crippen LogP contribution in [-0.2, 0) is 0 Å². The van der Waals surface area contributed by atoms with Gasteiger partial charge in [-0.2, -0.15) is 0 Å². The summed E-state index contributed by atoms with van der Waals surface area (Å²) in [6, 6.07) is 5.52. The molecule has 1 aromatic heterocycles. The second-order valence-electron chi connectivity index (χ2n) is 4.90. The molecule has 108 valence electrons. The normalized spacial score (nSPS) is 11.2. The van der Waals surface area contributed by atoms with Crippen LogP contribution >= 0.6 is 11.3 Å². The molecule has 0 saturated heterocycles. The maximum absolute atomic E-state index is 12.5. The summed E-state index contributed by atoms with van der Waals surface area (Å²) in [5.74, 6) is -0.0256. The Morgan fingerprint density at radius 2 is 2.25 bits per heavy atom. The highest BCUT2D eigenvalue weighted by Gasteiger charge is 2.19. The third-order valence-corrected chi connectivity index (χ3v) is 3.94. The number of benzene rings is 1. The standard InChI is InChI=1S/C14H19N3O2S/c1-9(2)17(6-3-7-18)13(19)10-4-5-11-12(8-10)20-14(15)16-11/h4-5,8-9,18H,3,6-7H2,1-2H3,(H2,15,16). The summed E-state index contributed by atoms with van der Waals surface area (Å²) in [5, 5.41) is 9.44. The van der Waals surface area contributed by atoms with Gasteiger partial charge in [-0.1, -0.05) is 11.3 Å². The lowest BCUT2D eigenvalue weighted by Gasteiger charge is -2.26. The molecule has 0 radical (unpaired) electrons. The summed E-state index contributed by atoms with van der Waals surface area (Å²) in [4.78, 5) is 18.5. The van der Waals surface area contributed by atoms with Crippen molar-refractivity contribution in [2.45, 2.75) is 26.3 Å². The van der Waals surface area contributed by atoms with Gasteiger partial charge in [-0.3, -0.25) is 4.79 Å². The zero-order valence-electron chi connectivity index (χ0n) is 11.7. The van der Waals surface area contributed by atoms with Crippen molar-refractivity contribution >= 4 is 32.6 Å². The summed E-state index contributed by atoms with van der Waals surface area (Å²) in [5.41, 5.74) is 7.12. The van der Waals surface area contributed by atoms with E-state index in [9.17, 15) is 4.79 Å². The number of fused-ring (bicyclic) bond motifs is 1. The first-order chi connectivity index (χ1) is 9.52. The van der Waals surface area contributed by atoms with E-state index in [-0.39, 0.29) is 18.6 Å². The van der Waals surface area contributed by atoms with E-state index in [2.05, 4.69) is 4.98 Å². The Labute approximate surface area is 122 Å². The van der Waals surface area contributed by atoms with Crippen LogP contribution in [0, 0.1) is 0 Å². The fourth-order valence-corrected chi connectivity index (χ4v) is 2.85. The molecule has 0 saturated carbocycles. The van der Waals surface area contributed by atoms with E-state index >= 15 is 0 Å². The summed E-state index contributed by atoms with van der Waals surface area (Å²) >= 11 is 1.38. The van der Waals surface area contributed by atoms with Gasteiger partial charge in [-0.05, 0) is 38.5 Å². The van der Waals surface area contributed by atoms with Crippen molar-refractivity contribution in [3.05, 3.63) is 23.8 Å². The Kier molecular flexibility index (Phi) is 4.57. The van der Waals surface area contributed by atoms with Crippen LogP contribution < -0.4 is 5.73 Å². The van der Waals surface area contributed by atoms with Gasteiger partial charge in [-0.15, -0.1) is 0 Å². The number of aromatic nitrogens is 1. The SMILES string of the molecule is CC(C)N(CCCO)C(=O)c1ccc2nc(N)sc2c1. The van der Waals surface area contributed by atoms with Gasteiger partial charge in [0.25, 0.3) is 5.91 Å². The lowest BCUT2D eigenvalue weighted by atomic mass is 10.1. The molecule has 0 aliphatic carbocycles. The lowest BCUT2D eigenvalue weighted by molar-refractivity contribution is 0.0693. The van der Waals surface area contributed by atoms with Crippen LogP contribution in [-0.4, -0.2) is 40.1 Å². The van der Waals surface area contributed by atoms with Crippen LogP contribution in [0.4, 0.5) is 5.13 Å². The monoisotopic (exact) mass is 293 g/mol. The quantitative estimate of drug-likeness (QED) is 0.885. The minimum absolute atomic E-state index is 0.0256. The van der Waals surface area contributed by atoms with Crippen LogP contribution in [0.25, 0.3) is 10.2 Å². The number of thiazole rings is 1. The van der Waals surface area contributed by atoms with E-state index in [1.165, 1.54) is 11.3 Å². The van der Waals surface area contributed by atoms with Gasteiger partial charge >= 0.3 is 0 Å². The largest absolute Gasteiger partial charge is 0.396 e. The second kappa shape index (κ2) is 6.19. The molecule has 0 bridgehead atoms. The lowest BCUT2D eigenvalue weighted by Crippen LogP contribution is -2.38. The van der Waals surface area contributed by atoms with Gasteiger partial charge in [0.2, 0.25) is 0 Å². The third kappa shape index (κ3) is 3.08. The summed E-state index contributed by atoms with van der Waals surface area (Å²) in [6.45, 7) is 4.58. The number of nitrogen functional groups attached to an aromatic ring is 1. The topological polar surface area (TPSA) is 79.5 Å². The highest BCUT2D eigenvalue weighted by Crippen LogP contribution is 2.25. The molecular formula is C14H19N3O2S. The van der Waals surface area contributed by atoms with Gasteiger partial charge in [0.1, 0.15) is 0 Å². The summed E-state index contributed by atoms with van der Waals surface area (Å²) in [7, 11) is 0. The molecule has 1 aromatic carbocycles. The van der Waals surface area contributed by atoms with Crippen molar-refractivity contribution in [3.8, 4) is 0 Å². The van der Waals surface area contributed by atoms with E-state index in [0.717, 1.165) is 10.2 Å². The van der Waals surface area contributed by atoms with E-state index in [0.29, 0.717) is 23.7 Å². The molecule has 6 heteroatoms. The number of hydrogen-bond donors (Lipinski definition) is 2. The molecule has 5 nitrogen and oxygen atoms in total. The molecule has 2 aromatic rings. The molecule has 0 aliphatic rings. The number of anilines is 1. The molecule has 20 heavy (non-hydrogen) atoms. The smallest absolute Gasteiger partial charge is 0.254 e. The van der Waals surface area contributed by atoms with E-state index < -0.39 is 0 Å². The molecule has 0 atom stereocenters. The van der Waals surface area contributed by atoms with Crippen LogP contribution in [0.3, 0.4) is 0 Å². The van der Waals surface area contributed by atoms with Crippen molar-refractivity contribution in [1.82, 2.24) is 9.88 Å². The number of amides is 1. The van der Waals surface area contributed by atoms with Gasteiger partial charge in [-0.25, -0.2) is 4.98 Å². The third-order valence-electron chi connectivity index (χ3n) is 3.09. The van der Waals surface area contributed by atoms with E-state index in [4.69, 9.17) is 10.8 Å². The maximum atomic E-state index is 12.5. The Bertz CT molecular complexity index is 609. The average molecular weight is 293 g/mol. The number of nitrogens with two attached hydrogens (primary N) is 1. The van der Waals surface area contributed by atoms with Crippen LogP contribution in [0.15, 0.2) is 18.2 Å². The molecule has 0 aliphatic heterocycles. The van der Waals surface area contributed by atoms with Crippen LogP contribution in [0.5, 0.6) is 0 Å². The number of aliphatic hydroxyl groups excluding tert-OH is 1. The first kappa shape index (κ1) is 14.7. The Morgan fingerprint density at radius 1 is 1.50 bits per heavy atom. The molecule has 2 rings (SSSR count). The number of nitrogens with zero attached hydrogens (tertiary/aromatic N) is 2. The Hall–Kier alpha value is -1.66. The highest BCUT2D eigenvalue weighted by molar-refractivity contribution is 7.22. The van der Waals surface area contributed by atoms with Crippen LogP contribution in [0.1, 0.15) is 30.6 Å². The molecule has 1 amide bonds. The molecule has 0 fully saturated rings. The number of carbonyl (C=O) groups is 1. The first-order valence-electron chi connectivity index (χ1n) is 6.61. The second-order valence-corrected chi connectivity index (χ2v) is 5.97. The average Bonchev–Trinajstić information content (AvgIpc) is 2.77. The Morgan fingerprint density at radius 3 is 2.90 bits per heavy atom. The van der Waals surface area contributed by atoms with Gasteiger partial charge < -0.3 is 15.7 Å². The van der Waals surface area contributed by atoms with Gasteiger partial charge in [0.15, 0.2) is 5.13 Å². The van der Waals surface area contributed by atoms with E-state index in [1.807, 2.05) is 26.0 Å². The minimum Gasteiger partial charge on any atom is -0.396 e. The van der Waals surface area contributed by atoms with E-state index in [1.54, 1.807) is 11.0 Å². The molecule has 0 spiro atoms. The number of rotatable bonds is 5. The highest BCUT2D eigenvalue weighted by atomic mass is 32.1. The van der Waals surface area contributed by atoms with Crippen molar-refractivity contribution in [3.63, 3.8) is 0 Å². The van der Waals surface area contributed by atoms with Gasteiger partial charge in [0, 0.05) is 24.8 Å². The molecule has 0 unspecified atom stereocenters. The number of carbonyl (C=O) groups excluding carboxylic acids is 1. The summed E-state index contributed by atoms with van der Waals surface area (Å²) < 4.78 is 0.916. The zero-order chi connectivity index (χ0) is 14.7.